The lowest BCUT2D eigenvalue weighted by atomic mass is 9.65. The van der Waals surface area contributed by atoms with Gasteiger partial charge in [-0.2, -0.15) is 5.26 Å². The monoisotopic (exact) mass is 199 g/mol. The van der Waals surface area contributed by atoms with Crippen molar-refractivity contribution in [1.29, 1.82) is 5.26 Å². The maximum atomic E-state index is 9.13. The molecule has 0 aliphatic heterocycles. The summed E-state index contributed by atoms with van der Waals surface area (Å²) in [6.45, 7) is 4.57. The summed E-state index contributed by atoms with van der Waals surface area (Å²) in [4.78, 5) is 0. The van der Waals surface area contributed by atoms with Gasteiger partial charge in [0.1, 0.15) is 0 Å². The molecule has 0 aromatic carbocycles. The van der Waals surface area contributed by atoms with Crippen LogP contribution in [0.5, 0.6) is 0 Å². The van der Waals surface area contributed by atoms with Crippen molar-refractivity contribution in [3.05, 3.63) is 0 Å². The molecule has 1 nitrogen and oxygen atoms in total. The Morgan fingerprint density at radius 2 is 1.77 bits per heavy atom. The second kappa shape index (κ2) is 3.88. The molecule has 2 heteroatoms. The Hall–Kier alpha value is -0.220. The van der Waals surface area contributed by atoms with Gasteiger partial charge in [0.05, 0.1) is 11.5 Å². The van der Waals surface area contributed by atoms with E-state index in [0.29, 0.717) is 11.3 Å². The fourth-order valence-electron chi connectivity index (χ4n) is 2.00. The average Bonchev–Trinajstić information content (AvgIpc) is 2.10. The fourth-order valence-corrected chi connectivity index (χ4v) is 2.37. The van der Waals surface area contributed by atoms with Crippen LogP contribution in [0.15, 0.2) is 0 Å². The van der Waals surface area contributed by atoms with Crippen LogP contribution in [0.2, 0.25) is 0 Å². The lowest BCUT2D eigenvalue weighted by molar-refractivity contribution is 0.143. The van der Waals surface area contributed by atoms with Crippen molar-refractivity contribution in [1.82, 2.24) is 0 Å². The number of rotatable bonds is 2. The van der Waals surface area contributed by atoms with Crippen LogP contribution in [0, 0.1) is 22.2 Å². The summed E-state index contributed by atoms with van der Waals surface area (Å²) in [7, 11) is 0. The molecule has 0 aromatic rings. The standard InChI is InChI=1S/C11H18ClN/c1-10(2)3-5-11(9-13,6-4-10)7-8-12/h3-8H2,1-2H3. The molecule has 1 rings (SSSR count). The van der Waals surface area contributed by atoms with E-state index in [1.807, 2.05) is 0 Å². The number of hydrogen-bond donors (Lipinski definition) is 0. The quantitative estimate of drug-likeness (QED) is 0.622. The van der Waals surface area contributed by atoms with E-state index < -0.39 is 0 Å². The van der Waals surface area contributed by atoms with Crippen LogP contribution in [0.3, 0.4) is 0 Å². The van der Waals surface area contributed by atoms with Crippen molar-refractivity contribution in [3.8, 4) is 6.07 Å². The topological polar surface area (TPSA) is 23.8 Å². The molecule has 0 atom stereocenters. The Bertz CT molecular complexity index is 205. The van der Waals surface area contributed by atoms with E-state index in [0.717, 1.165) is 32.1 Å². The normalized spacial score (nSPS) is 25.1. The second-order valence-electron chi connectivity index (χ2n) is 5.00. The molecule has 0 aromatic heterocycles. The number of alkyl halides is 1. The highest BCUT2D eigenvalue weighted by Crippen LogP contribution is 2.46. The largest absolute Gasteiger partial charge is 0.198 e. The Balaban J connectivity index is 2.59. The molecular weight excluding hydrogens is 182 g/mol. The number of hydrogen-bond acceptors (Lipinski definition) is 1. The van der Waals surface area contributed by atoms with E-state index in [1.165, 1.54) is 0 Å². The molecule has 74 valence electrons. The average molecular weight is 200 g/mol. The zero-order valence-electron chi connectivity index (χ0n) is 8.57. The number of nitrogens with zero attached hydrogens (tertiary/aromatic N) is 1. The number of halogens is 1. The van der Waals surface area contributed by atoms with Crippen LogP contribution in [0.4, 0.5) is 0 Å². The van der Waals surface area contributed by atoms with Crippen molar-refractivity contribution < 1.29 is 0 Å². The van der Waals surface area contributed by atoms with Gasteiger partial charge in [-0.1, -0.05) is 13.8 Å². The maximum absolute atomic E-state index is 9.13. The summed E-state index contributed by atoms with van der Waals surface area (Å²) in [6, 6.07) is 2.47. The minimum atomic E-state index is -0.0999. The molecule has 1 fully saturated rings. The van der Waals surface area contributed by atoms with E-state index in [9.17, 15) is 0 Å². The first-order valence-corrected chi connectivity index (χ1v) is 5.54. The van der Waals surface area contributed by atoms with Gasteiger partial charge in [0, 0.05) is 5.88 Å². The van der Waals surface area contributed by atoms with Crippen molar-refractivity contribution in [2.45, 2.75) is 46.0 Å². The van der Waals surface area contributed by atoms with E-state index >= 15 is 0 Å². The van der Waals surface area contributed by atoms with Gasteiger partial charge in [0.25, 0.3) is 0 Å². The van der Waals surface area contributed by atoms with Crippen molar-refractivity contribution >= 4 is 11.6 Å². The lowest BCUT2D eigenvalue weighted by Gasteiger charge is -2.39. The van der Waals surface area contributed by atoms with Gasteiger partial charge < -0.3 is 0 Å². The highest BCUT2D eigenvalue weighted by atomic mass is 35.5. The molecule has 0 heterocycles. The van der Waals surface area contributed by atoms with Gasteiger partial charge in [-0.15, -0.1) is 11.6 Å². The summed E-state index contributed by atoms with van der Waals surface area (Å²) in [5.74, 6) is 0.619. The third-order valence-corrected chi connectivity index (χ3v) is 3.56. The van der Waals surface area contributed by atoms with Crippen molar-refractivity contribution in [2.75, 3.05) is 5.88 Å². The minimum Gasteiger partial charge on any atom is -0.198 e. The Labute approximate surface area is 86.1 Å². The molecule has 1 aliphatic carbocycles. The molecule has 0 unspecified atom stereocenters. The Kier molecular flexibility index (Phi) is 3.24. The van der Waals surface area contributed by atoms with Gasteiger partial charge in [0.2, 0.25) is 0 Å². The summed E-state index contributed by atoms with van der Waals surface area (Å²) < 4.78 is 0. The first-order valence-electron chi connectivity index (χ1n) is 5.01. The molecule has 0 N–H and O–H groups in total. The smallest absolute Gasteiger partial charge is 0.0690 e. The van der Waals surface area contributed by atoms with Gasteiger partial charge >= 0.3 is 0 Å². The Morgan fingerprint density at radius 3 is 2.15 bits per heavy atom. The zero-order valence-corrected chi connectivity index (χ0v) is 9.32. The van der Waals surface area contributed by atoms with E-state index in [4.69, 9.17) is 16.9 Å². The zero-order chi connectivity index (χ0) is 9.95. The fraction of sp³-hybridized carbons (Fsp3) is 0.909. The molecule has 0 saturated heterocycles. The molecule has 0 radical (unpaired) electrons. The van der Waals surface area contributed by atoms with Crippen LogP contribution in [-0.2, 0) is 0 Å². The number of nitriles is 1. The predicted octanol–water partition coefficient (Wildman–Crippen LogP) is 3.73. The first-order chi connectivity index (χ1) is 6.04. The molecule has 1 aliphatic rings. The van der Waals surface area contributed by atoms with Gasteiger partial charge in [-0.25, -0.2) is 0 Å². The van der Waals surface area contributed by atoms with Gasteiger partial charge in [0.15, 0.2) is 0 Å². The first kappa shape index (κ1) is 10.9. The Morgan fingerprint density at radius 1 is 1.23 bits per heavy atom. The molecule has 0 spiro atoms. The highest BCUT2D eigenvalue weighted by Gasteiger charge is 2.37. The summed E-state index contributed by atoms with van der Waals surface area (Å²) in [6.07, 6.45) is 5.25. The van der Waals surface area contributed by atoms with Gasteiger partial charge in [-0.3, -0.25) is 0 Å². The van der Waals surface area contributed by atoms with E-state index in [2.05, 4.69) is 19.9 Å². The summed E-state index contributed by atoms with van der Waals surface area (Å²) in [5, 5.41) is 9.13. The predicted molar refractivity (Wildman–Crippen MR) is 55.6 cm³/mol. The van der Waals surface area contributed by atoms with Crippen molar-refractivity contribution in [2.24, 2.45) is 10.8 Å². The van der Waals surface area contributed by atoms with E-state index in [1.54, 1.807) is 0 Å². The SMILES string of the molecule is CC1(C)CCC(C#N)(CCCl)CC1. The third-order valence-electron chi connectivity index (χ3n) is 3.37. The van der Waals surface area contributed by atoms with Crippen LogP contribution in [0.25, 0.3) is 0 Å². The summed E-state index contributed by atoms with van der Waals surface area (Å²) in [5.41, 5.74) is 0.337. The molecular formula is C11H18ClN. The van der Waals surface area contributed by atoms with E-state index in [-0.39, 0.29) is 5.41 Å². The molecule has 1 saturated carbocycles. The van der Waals surface area contributed by atoms with Crippen LogP contribution in [0.1, 0.15) is 46.0 Å². The van der Waals surface area contributed by atoms with Crippen LogP contribution in [-0.4, -0.2) is 5.88 Å². The highest BCUT2D eigenvalue weighted by molar-refractivity contribution is 6.17. The maximum Gasteiger partial charge on any atom is 0.0690 e. The van der Waals surface area contributed by atoms with Crippen molar-refractivity contribution in [3.63, 3.8) is 0 Å². The van der Waals surface area contributed by atoms with Crippen LogP contribution >= 0.6 is 11.6 Å². The molecule has 0 bridgehead atoms. The minimum absolute atomic E-state index is 0.0999. The molecule has 0 amide bonds. The summed E-state index contributed by atoms with van der Waals surface area (Å²) >= 11 is 5.72. The second-order valence-corrected chi connectivity index (χ2v) is 5.37. The lowest BCUT2D eigenvalue weighted by Crippen LogP contribution is -2.30. The molecule has 13 heavy (non-hydrogen) atoms. The van der Waals surface area contributed by atoms with Gasteiger partial charge in [-0.05, 0) is 37.5 Å². The third kappa shape index (κ3) is 2.61. The van der Waals surface area contributed by atoms with Crippen LogP contribution < -0.4 is 0 Å².